The van der Waals surface area contributed by atoms with Crippen LogP contribution in [0.3, 0.4) is 0 Å². The summed E-state index contributed by atoms with van der Waals surface area (Å²) in [5.74, 6) is 0. The molecular weight excluding hydrogens is 258 g/mol. The largest absolute Gasteiger partial charge is 0.310 e. The maximum Gasteiger partial charge on any atom is 0.0762 e. The van der Waals surface area contributed by atoms with Crippen LogP contribution in [0.15, 0.2) is 12.3 Å². The van der Waals surface area contributed by atoms with Crippen LogP contribution in [-0.2, 0) is 6.54 Å². The van der Waals surface area contributed by atoms with Gasteiger partial charge in [-0.15, -0.1) is 11.6 Å². The molecule has 4 heteroatoms. The van der Waals surface area contributed by atoms with E-state index in [2.05, 4.69) is 34.3 Å². The third-order valence-corrected chi connectivity index (χ3v) is 4.26. The molecule has 1 unspecified atom stereocenters. The van der Waals surface area contributed by atoms with Crippen molar-refractivity contribution in [3.05, 3.63) is 18.0 Å². The second kappa shape index (κ2) is 7.91. The van der Waals surface area contributed by atoms with E-state index in [1.165, 1.54) is 32.1 Å². The Hall–Kier alpha value is -0.540. The predicted molar refractivity (Wildman–Crippen MR) is 80.6 cm³/mol. The molecule has 1 aromatic heterocycles. The van der Waals surface area contributed by atoms with Gasteiger partial charge in [0.25, 0.3) is 0 Å². The molecule has 0 spiro atoms. The Morgan fingerprint density at radius 3 is 2.95 bits per heavy atom. The molecule has 19 heavy (non-hydrogen) atoms. The number of halogens is 1. The van der Waals surface area contributed by atoms with Crippen LogP contribution >= 0.6 is 11.6 Å². The highest BCUT2D eigenvalue weighted by Gasteiger charge is 2.15. The molecular formula is C15H26ClN3. The molecule has 1 aliphatic rings. The van der Waals surface area contributed by atoms with E-state index < -0.39 is 0 Å². The molecule has 1 aromatic rings. The van der Waals surface area contributed by atoms with Crippen molar-refractivity contribution in [1.82, 2.24) is 15.1 Å². The van der Waals surface area contributed by atoms with Crippen LogP contribution in [0.1, 0.15) is 63.6 Å². The lowest BCUT2D eigenvalue weighted by Crippen LogP contribution is -2.23. The summed E-state index contributed by atoms with van der Waals surface area (Å²) in [5.41, 5.74) is 1.13. The zero-order valence-corrected chi connectivity index (χ0v) is 12.7. The maximum atomic E-state index is 6.19. The van der Waals surface area contributed by atoms with Crippen LogP contribution in [0.2, 0.25) is 0 Å². The Bertz CT molecular complexity index is 358. The van der Waals surface area contributed by atoms with Crippen molar-refractivity contribution in [3.63, 3.8) is 0 Å². The van der Waals surface area contributed by atoms with Crippen molar-refractivity contribution in [1.29, 1.82) is 0 Å². The number of hydrogen-bond acceptors (Lipinski definition) is 2. The standard InChI is InChI=1S/C15H26ClN3/c1-2-6-13(16)11-17-12-14-9-10-19(18-14)15-7-4-3-5-8-15/h9-10,13,15,17H,2-8,11-12H2,1H3. The fourth-order valence-electron chi connectivity index (χ4n) is 2.79. The summed E-state index contributed by atoms with van der Waals surface area (Å²) >= 11 is 6.19. The smallest absolute Gasteiger partial charge is 0.0762 e. The number of hydrogen-bond donors (Lipinski definition) is 1. The molecule has 1 atom stereocenters. The fourth-order valence-corrected chi connectivity index (χ4v) is 3.12. The topological polar surface area (TPSA) is 29.9 Å². The minimum atomic E-state index is 0.241. The highest BCUT2D eigenvalue weighted by atomic mass is 35.5. The summed E-state index contributed by atoms with van der Waals surface area (Å²) in [6.45, 7) is 3.86. The third-order valence-electron chi connectivity index (χ3n) is 3.89. The highest BCUT2D eigenvalue weighted by Crippen LogP contribution is 2.27. The maximum absolute atomic E-state index is 6.19. The van der Waals surface area contributed by atoms with Gasteiger partial charge >= 0.3 is 0 Å². The summed E-state index contributed by atoms with van der Waals surface area (Å²) in [6, 6.07) is 2.76. The van der Waals surface area contributed by atoms with Crippen LogP contribution < -0.4 is 5.32 Å². The molecule has 0 radical (unpaired) electrons. The molecule has 1 heterocycles. The molecule has 108 valence electrons. The van der Waals surface area contributed by atoms with E-state index in [4.69, 9.17) is 11.6 Å². The summed E-state index contributed by atoms with van der Waals surface area (Å²) in [6.07, 6.45) is 11.0. The van der Waals surface area contributed by atoms with Gasteiger partial charge in [0.2, 0.25) is 0 Å². The Labute approximate surface area is 121 Å². The van der Waals surface area contributed by atoms with Gasteiger partial charge in [0.15, 0.2) is 0 Å². The number of nitrogens with one attached hydrogen (secondary N) is 1. The number of alkyl halides is 1. The minimum absolute atomic E-state index is 0.241. The lowest BCUT2D eigenvalue weighted by molar-refractivity contribution is 0.327. The molecule has 2 rings (SSSR count). The minimum Gasteiger partial charge on any atom is -0.310 e. The molecule has 0 aliphatic heterocycles. The Balaban J connectivity index is 1.74. The molecule has 1 fully saturated rings. The van der Waals surface area contributed by atoms with Gasteiger partial charge in [0.05, 0.1) is 11.7 Å². The van der Waals surface area contributed by atoms with E-state index in [9.17, 15) is 0 Å². The van der Waals surface area contributed by atoms with Crippen molar-refractivity contribution >= 4 is 11.6 Å². The van der Waals surface area contributed by atoms with Crippen LogP contribution in [0.4, 0.5) is 0 Å². The first-order chi connectivity index (χ1) is 9.29. The zero-order chi connectivity index (χ0) is 13.5. The van der Waals surface area contributed by atoms with E-state index in [0.29, 0.717) is 6.04 Å². The van der Waals surface area contributed by atoms with Crippen molar-refractivity contribution in [3.8, 4) is 0 Å². The van der Waals surface area contributed by atoms with E-state index in [0.717, 1.165) is 31.6 Å². The monoisotopic (exact) mass is 283 g/mol. The van der Waals surface area contributed by atoms with E-state index in [-0.39, 0.29) is 5.38 Å². The molecule has 3 nitrogen and oxygen atoms in total. The Kier molecular flexibility index (Phi) is 6.18. The van der Waals surface area contributed by atoms with Gasteiger partial charge in [-0.3, -0.25) is 4.68 Å². The first-order valence-corrected chi connectivity index (χ1v) is 8.12. The summed E-state index contributed by atoms with van der Waals surface area (Å²) in [4.78, 5) is 0. The number of nitrogens with zero attached hydrogens (tertiary/aromatic N) is 2. The van der Waals surface area contributed by atoms with E-state index >= 15 is 0 Å². The lowest BCUT2D eigenvalue weighted by Gasteiger charge is -2.21. The van der Waals surface area contributed by atoms with Crippen LogP contribution in [-0.4, -0.2) is 21.7 Å². The lowest BCUT2D eigenvalue weighted by atomic mass is 9.96. The van der Waals surface area contributed by atoms with Crippen molar-refractivity contribution in [2.75, 3.05) is 6.54 Å². The normalized spacial score (nSPS) is 18.6. The molecule has 0 bridgehead atoms. The Morgan fingerprint density at radius 2 is 2.21 bits per heavy atom. The van der Waals surface area contributed by atoms with Gasteiger partial charge < -0.3 is 5.32 Å². The average Bonchev–Trinajstić information content (AvgIpc) is 2.89. The van der Waals surface area contributed by atoms with E-state index in [1.807, 2.05) is 0 Å². The van der Waals surface area contributed by atoms with Crippen LogP contribution in [0.25, 0.3) is 0 Å². The first kappa shape index (κ1) is 14.9. The van der Waals surface area contributed by atoms with Gasteiger partial charge in [-0.05, 0) is 25.3 Å². The quantitative estimate of drug-likeness (QED) is 0.770. The van der Waals surface area contributed by atoms with Gasteiger partial charge in [-0.1, -0.05) is 32.6 Å². The summed E-state index contributed by atoms with van der Waals surface area (Å²) in [7, 11) is 0. The first-order valence-electron chi connectivity index (χ1n) is 7.68. The Morgan fingerprint density at radius 1 is 1.42 bits per heavy atom. The summed E-state index contributed by atoms with van der Waals surface area (Å²) in [5, 5.41) is 8.32. The van der Waals surface area contributed by atoms with Crippen LogP contribution in [0, 0.1) is 0 Å². The van der Waals surface area contributed by atoms with Crippen molar-refractivity contribution in [2.24, 2.45) is 0 Å². The molecule has 1 aliphatic carbocycles. The van der Waals surface area contributed by atoms with Gasteiger partial charge in [-0.2, -0.15) is 5.10 Å². The van der Waals surface area contributed by atoms with Crippen molar-refractivity contribution in [2.45, 2.75) is 69.8 Å². The van der Waals surface area contributed by atoms with Gasteiger partial charge in [0, 0.05) is 24.7 Å². The summed E-state index contributed by atoms with van der Waals surface area (Å²) < 4.78 is 2.17. The van der Waals surface area contributed by atoms with E-state index in [1.54, 1.807) is 0 Å². The fraction of sp³-hybridized carbons (Fsp3) is 0.800. The van der Waals surface area contributed by atoms with Gasteiger partial charge in [0.1, 0.15) is 0 Å². The molecule has 0 saturated heterocycles. The van der Waals surface area contributed by atoms with Crippen LogP contribution in [0.5, 0.6) is 0 Å². The SMILES string of the molecule is CCCC(Cl)CNCc1ccn(C2CCCCC2)n1. The van der Waals surface area contributed by atoms with Gasteiger partial charge in [-0.25, -0.2) is 0 Å². The number of aromatic nitrogens is 2. The highest BCUT2D eigenvalue weighted by molar-refractivity contribution is 6.20. The molecule has 1 N–H and O–H groups in total. The number of rotatable bonds is 7. The average molecular weight is 284 g/mol. The molecule has 1 saturated carbocycles. The predicted octanol–water partition coefficient (Wildman–Crippen LogP) is 3.89. The zero-order valence-electron chi connectivity index (χ0n) is 11.9. The van der Waals surface area contributed by atoms with Crippen molar-refractivity contribution < 1.29 is 0 Å². The molecule has 0 aromatic carbocycles. The third kappa shape index (κ3) is 4.81. The molecule has 0 amide bonds. The second-order valence-electron chi connectivity index (χ2n) is 5.60. The second-order valence-corrected chi connectivity index (χ2v) is 6.21.